The molecule has 8 nitrogen and oxygen atoms in total. The second-order valence-corrected chi connectivity index (χ2v) is 8.30. The Bertz CT molecular complexity index is 722. The quantitative estimate of drug-likeness (QED) is 0.220. The second kappa shape index (κ2) is 13.7. The van der Waals surface area contributed by atoms with Gasteiger partial charge in [-0.05, 0) is 63.5 Å². The summed E-state index contributed by atoms with van der Waals surface area (Å²) in [6.45, 7) is 10.4. The number of ether oxygens (including phenoxy) is 1. The number of halogens is 1. The third kappa shape index (κ3) is 7.68. The Morgan fingerprint density at radius 3 is 2.53 bits per heavy atom. The summed E-state index contributed by atoms with van der Waals surface area (Å²) in [6.07, 6.45) is 2.97. The van der Waals surface area contributed by atoms with Crippen LogP contribution in [0.25, 0.3) is 0 Å². The summed E-state index contributed by atoms with van der Waals surface area (Å²) < 4.78 is 5.26. The molecule has 180 valence electrons. The van der Waals surface area contributed by atoms with Crippen LogP contribution in [-0.2, 0) is 4.79 Å². The second-order valence-electron chi connectivity index (χ2n) is 8.30. The molecular formula is C23H39IN6O2. The molecule has 9 heteroatoms. The number of hydrogen-bond donors (Lipinski definition) is 2. The maximum absolute atomic E-state index is 11.5. The number of aliphatic imine (C=N–C) groups is 1. The Labute approximate surface area is 209 Å². The smallest absolute Gasteiger partial charge is 0.221 e. The van der Waals surface area contributed by atoms with Crippen LogP contribution >= 0.6 is 24.0 Å². The van der Waals surface area contributed by atoms with Gasteiger partial charge in [0, 0.05) is 51.5 Å². The number of nitrogens with one attached hydrogen (secondary N) is 1. The lowest BCUT2D eigenvalue weighted by molar-refractivity contribution is -0.123. The van der Waals surface area contributed by atoms with Crippen molar-refractivity contribution < 1.29 is 9.53 Å². The van der Waals surface area contributed by atoms with Crippen LogP contribution in [0.1, 0.15) is 26.2 Å². The van der Waals surface area contributed by atoms with Gasteiger partial charge in [0.05, 0.1) is 13.0 Å². The number of primary amides is 1. The summed E-state index contributed by atoms with van der Waals surface area (Å²) in [5.41, 5.74) is 6.72. The number of methoxy groups -OCH3 is 1. The van der Waals surface area contributed by atoms with Crippen molar-refractivity contribution in [3.8, 4) is 5.75 Å². The third-order valence-corrected chi connectivity index (χ3v) is 6.15. The van der Waals surface area contributed by atoms with Gasteiger partial charge in [-0.15, -0.1) is 24.0 Å². The molecule has 2 heterocycles. The highest BCUT2D eigenvalue weighted by Gasteiger charge is 2.23. The van der Waals surface area contributed by atoms with Crippen LogP contribution in [0.2, 0.25) is 0 Å². The van der Waals surface area contributed by atoms with Crippen molar-refractivity contribution in [3.63, 3.8) is 0 Å². The van der Waals surface area contributed by atoms with Crippen LogP contribution in [0, 0.1) is 5.92 Å². The van der Waals surface area contributed by atoms with Crippen LogP contribution in [0.3, 0.4) is 0 Å². The summed E-state index contributed by atoms with van der Waals surface area (Å²) in [7, 11) is 1.69. The molecule has 1 amide bonds. The monoisotopic (exact) mass is 558 g/mol. The van der Waals surface area contributed by atoms with Crippen LogP contribution in [0.4, 0.5) is 5.69 Å². The van der Waals surface area contributed by atoms with E-state index in [0.717, 1.165) is 89.9 Å². The average molecular weight is 559 g/mol. The van der Waals surface area contributed by atoms with Crippen molar-refractivity contribution in [2.75, 3.05) is 70.9 Å². The van der Waals surface area contributed by atoms with E-state index in [0.29, 0.717) is 0 Å². The number of rotatable bonds is 8. The number of likely N-dealkylation sites (tertiary alicyclic amines) is 1. The van der Waals surface area contributed by atoms with Gasteiger partial charge < -0.3 is 30.5 Å². The maximum atomic E-state index is 11.5. The zero-order chi connectivity index (χ0) is 22.1. The molecule has 3 N–H and O–H groups in total. The fourth-order valence-corrected chi connectivity index (χ4v) is 4.37. The summed E-state index contributed by atoms with van der Waals surface area (Å²) in [4.78, 5) is 23.5. The number of anilines is 1. The van der Waals surface area contributed by atoms with Gasteiger partial charge in [-0.1, -0.05) is 0 Å². The van der Waals surface area contributed by atoms with Crippen molar-refractivity contribution >= 4 is 41.5 Å². The SMILES string of the molecule is CCNC(=NCCCN1CCCC(C(N)=O)C1)N1CCN(c2ccc(OC)cc2)CC1.I. The number of piperazine rings is 1. The molecule has 2 fully saturated rings. The fraction of sp³-hybridized carbons (Fsp3) is 0.652. The number of carbonyl (C=O) groups excluding carboxylic acids is 1. The van der Waals surface area contributed by atoms with Gasteiger partial charge >= 0.3 is 0 Å². The van der Waals surface area contributed by atoms with Crippen molar-refractivity contribution in [1.29, 1.82) is 0 Å². The molecule has 0 radical (unpaired) electrons. The molecule has 32 heavy (non-hydrogen) atoms. The number of hydrogen-bond acceptors (Lipinski definition) is 5. The minimum atomic E-state index is -0.161. The zero-order valence-electron chi connectivity index (χ0n) is 19.5. The maximum Gasteiger partial charge on any atom is 0.221 e. The van der Waals surface area contributed by atoms with E-state index in [-0.39, 0.29) is 35.8 Å². The Morgan fingerprint density at radius 2 is 1.91 bits per heavy atom. The molecule has 1 aromatic rings. The summed E-state index contributed by atoms with van der Waals surface area (Å²) in [6, 6.07) is 8.27. The lowest BCUT2D eigenvalue weighted by Crippen LogP contribution is -2.52. The van der Waals surface area contributed by atoms with Gasteiger partial charge in [0.1, 0.15) is 5.75 Å². The molecule has 0 saturated carbocycles. The number of nitrogens with zero attached hydrogens (tertiary/aromatic N) is 4. The predicted molar refractivity (Wildman–Crippen MR) is 141 cm³/mol. The predicted octanol–water partition coefficient (Wildman–Crippen LogP) is 1.99. The van der Waals surface area contributed by atoms with Gasteiger partial charge in [-0.3, -0.25) is 9.79 Å². The zero-order valence-corrected chi connectivity index (χ0v) is 21.8. The molecule has 2 aliphatic heterocycles. The van der Waals surface area contributed by atoms with Gasteiger partial charge in [-0.25, -0.2) is 0 Å². The van der Waals surface area contributed by atoms with Gasteiger partial charge in [-0.2, -0.15) is 0 Å². The number of carbonyl (C=O) groups is 1. The summed E-state index contributed by atoms with van der Waals surface area (Å²) in [5, 5.41) is 3.45. The number of amides is 1. The minimum absolute atomic E-state index is 0. The van der Waals surface area contributed by atoms with Gasteiger partial charge in [0.2, 0.25) is 5.91 Å². The highest BCUT2D eigenvalue weighted by Crippen LogP contribution is 2.20. The molecule has 0 bridgehead atoms. The van der Waals surface area contributed by atoms with Crippen molar-refractivity contribution in [2.24, 2.45) is 16.6 Å². The van der Waals surface area contributed by atoms with E-state index in [1.54, 1.807) is 7.11 Å². The first kappa shape index (κ1) is 26.5. The summed E-state index contributed by atoms with van der Waals surface area (Å²) >= 11 is 0. The standard InChI is InChI=1S/C23H38N6O2.HI/c1-3-25-23(26-11-5-13-27-12-4-6-19(18-27)22(24)30)29-16-14-28(15-17-29)20-7-9-21(31-2)10-8-20;/h7-10,19H,3-6,11-18H2,1-2H3,(H2,24,30)(H,25,26);1H. The molecule has 1 unspecified atom stereocenters. The van der Waals surface area contributed by atoms with Gasteiger partial charge in [0.15, 0.2) is 5.96 Å². The third-order valence-electron chi connectivity index (χ3n) is 6.15. The first-order valence-corrected chi connectivity index (χ1v) is 11.5. The Kier molecular flexibility index (Phi) is 11.4. The Morgan fingerprint density at radius 1 is 1.19 bits per heavy atom. The molecule has 0 aliphatic carbocycles. The average Bonchev–Trinajstić information content (AvgIpc) is 2.81. The van der Waals surface area contributed by atoms with Crippen LogP contribution < -0.4 is 20.7 Å². The molecule has 1 aromatic carbocycles. The fourth-order valence-electron chi connectivity index (χ4n) is 4.37. The van der Waals surface area contributed by atoms with E-state index < -0.39 is 0 Å². The molecule has 1 atom stereocenters. The highest BCUT2D eigenvalue weighted by atomic mass is 127. The van der Waals surface area contributed by atoms with Crippen molar-refractivity contribution in [1.82, 2.24) is 15.1 Å². The van der Waals surface area contributed by atoms with Crippen molar-refractivity contribution in [3.05, 3.63) is 24.3 Å². The van der Waals surface area contributed by atoms with E-state index >= 15 is 0 Å². The number of guanidine groups is 1. The minimum Gasteiger partial charge on any atom is -0.497 e. The molecular weight excluding hydrogens is 519 g/mol. The Hall–Kier alpha value is -1.75. The van der Waals surface area contributed by atoms with E-state index in [1.165, 1.54) is 5.69 Å². The molecule has 2 aliphatic rings. The van der Waals surface area contributed by atoms with E-state index in [1.807, 2.05) is 12.1 Å². The first-order valence-electron chi connectivity index (χ1n) is 11.5. The molecule has 0 aromatic heterocycles. The lowest BCUT2D eigenvalue weighted by Gasteiger charge is -2.37. The number of nitrogens with two attached hydrogens (primary N) is 1. The first-order chi connectivity index (χ1) is 15.1. The highest BCUT2D eigenvalue weighted by molar-refractivity contribution is 14.0. The largest absolute Gasteiger partial charge is 0.497 e. The van der Waals surface area contributed by atoms with Crippen LogP contribution in [0.15, 0.2) is 29.3 Å². The van der Waals surface area contributed by atoms with Gasteiger partial charge in [0.25, 0.3) is 0 Å². The molecule has 3 rings (SSSR count). The van der Waals surface area contributed by atoms with E-state index in [2.05, 4.69) is 39.1 Å². The van der Waals surface area contributed by atoms with Crippen molar-refractivity contribution in [2.45, 2.75) is 26.2 Å². The lowest BCUT2D eigenvalue weighted by atomic mass is 9.97. The number of piperidine rings is 1. The number of benzene rings is 1. The van der Waals surface area contributed by atoms with E-state index in [4.69, 9.17) is 15.5 Å². The Balaban J connectivity index is 0.00000363. The normalized spacial score (nSPS) is 19.9. The molecule has 2 saturated heterocycles. The van der Waals surface area contributed by atoms with Crippen LogP contribution in [-0.4, -0.2) is 87.7 Å². The van der Waals surface area contributed by atoms with Crippen LogP contribution in [0.5, 0.6) is 5.75 Å². The topological polar surface area (TPSA) is 86.4 Å². The van der Waals surface area contributed by atoms with E-state index in [9.17, 15) is 4.79 Å². The molecule has 0 spiro atoms. The summed E-state index contributed by atoms with van der Waals surface area (Å²) in [5.74, 6) is 1.74.